The summed E-state index contributed by atoms with van der Waals surface area (Å²) in [6, 6.07) is 4.58. The largest absolute Gasteiger partial charge is 0.465 e. The van der Waals surface area contributed by atoms with Crippen LogP contribution in [-0.4, -0.2) is 28.0 Å². The number of methoxy groups -OCH3 is 1. The van der Waals surface area contributed by atoms with Crippen molar-refractivity contribution >= 4 is 56.9 Å². The average molecular weight is 481 g/mol. The molecule has 0 atom stereocenters. The van der Waals surface area contributed by atoms with E-state index in [4.69, 9.17) is 28.6 Å². The molecule has 0 radical (unpaired) electrons. The standard InChI is InChI=1S/C21H22ClFN4O2S2/c1-10-13(4)31-19(17(10)20(28)29-5)25-21(30)24-18-11(2)26-27(12(18)3)9-14-15(22)7-6-8-16(14)23/h6-8H,9H2,1-5H3,(H2,24,25,30). The van der Waals surface area contributed by atoms with Gasteiger partial charge in [-0.05, 0) is 57.6 Å². The van der Waals surface area contributed by atoms with Crippen LogP contribution in [-0.2, 0) is 11.3 Å². The Morgan fingerprint density at radius 2 is 2.00 bits per heavy atom. The van der Waals surface area contributed by atoms with Crippen LogP contribution in [0.4, 0.5) is 15.1 Å². The van der Waals surface area contributed by atoms with Gasteiger partial charge in [-0.3, -0.25) is 4.68 Å². The Bertz CT molecular complexity index is 1150. The molecule has 0 aliphatic carbocycles. The zero-order valence-electron chi connectivity index (χ0n) is 17.7. The van der Waals surface area contributed by atoms with Crippen LogP contribution in [0.2, 0.25) is 5.02 Å². The van der Waals surface area contributed by atoms with Gasteiger partial charge in [0, 0.05) is 15.5 Å². The molecule has 2 aromatic heterocycles. The number of hydrogen-bond acceptors (Lipinski definition) is 5. The number of nitrogens with one attached hydrogen (secondary N) is 2. The number of halogens is 2. The van der Waals surface area contributed by atoms with E-state index in [9.17, 15) is 9.18 Å². The van der Waals surface area contributed by atoms with Gasteiger partial charge in [0.2, 0.25) is 0 Å². The summed E-state index contributed by atoms with van der Waals surface area (Å²) in [5, 5.41) is 12.0. The minimum atomic E-state index is -0.422. The van der Waals surface area contributed by atoms with Gasteiger partial charge in [-0.1, -0.05) is 17.7 Å². The molecule has 2 heterocycles. The molecule has 0 fully saturated rings. The highest BCUT2D eigenvalue weighted by Gasteiger charge is 2.22. The van der Waals surface area contributed by atoms with Crippen molar-refractivity contribution in [3.05, 3.63) is 62.0 Å². The fraction of sp³-hybridized carbons (Fsp3) is 0.286. The summed E-state index contributed by atoms with van der Waals surface area (Å²) in [5.74, 6) is -0.806. The number of thiophene rings is 1. The highest BCUT2D eigenvalue weighted by Crippen LogP contribution is 2.33. The Labute approximate surface area is 194 Å². The van der Waals surface area contributed by atoms with Crippen LogP contribution in [0, 0.1) is 33.5 Å². The van der Waals surface area contributed by atoms with Crippen LogP contribution in [0.3, 0.4) is 0 Å². The molecule has 10 heteroatoms. The average Bonchev–Trinajstić information content (AvgIpc) is 3.13. The number of aryl methyl sites for hydroxylation is 2. The highest BCUT2D eigenvalue weighted by molar-refractivity contribution is 7.80. The van der Waals surface area contributed by atoms with E-state index in [0.717, 1.165) is 16.1 Å². The third kappa shape index (κ3) is 4.73. The second-order valence-electron chi connectivity index (χ2n) is 6.96. The predicted octanol–water partition coefficient (Wildman–Crippen LogP) is 5.61. The van der Waals surface area contributed by atoms with Crippen LogP contribution in [0.1, 0.15) is 37.7 Å². The monoisotopic (exact) mass is 480 g/mol. The fourth-order valence-corrected chi connectivity index (χ4v) is 4.72. The van der Waals surface area contributed by atoms with Gasteiger partial charge in [0.25, 0.3) is 0 Å². The number of carbonyl (C=O) groups is 1. The smallest absolute Gasteiger partial charge is 0.341 e. The maximum atomic E-state index is 14.2. The molecule has 0 aliphatic heterocycles. The fourth-order valence-electron chi connectivity index (χ4n) is 3.18. The van der Waals surface area contributed by atoms with Gasteiger partial charge in [-0.25, -0.2) is 9.18 Å². The van der Waals surface area contributed by atoms with E-state index in [2.05, 4.69) is 15.7 Å². The molecule has 0 spiro atoms. The normalized spacial score (nSPS) is 10.8. The van der Waals surface area contributed by atoms with Crippen molar-refractivity contribution in [3.8, 4) is 0 Å². The molecular weight excluding hydrogens is 459 g/mol. The summed E-state index contributed by atoms with van der Waals surface area (Å²) in [4.78, 5) is 13.2. The zero-order chi connectivity index (χ0) is 22.9. The first kappa shape index (κ1) is 23.2. The van der Waals surface area contributed by atoms with E-state index in [1.54, 1.807) is 16.8 Å². The van der Waals surface area contributed by atoms with Crippen molar-refractivity contribution < 1.29 is 13.9 Å². The lowest BCUT2D eigenvalue weighted by Gasteiger charge is -2.12. The molecule has 0 aliphatic rings. The van der Waals surface area contributed by atoms with Crippen LogP contribution in [0.15, 0.2) is 18.2 Å². The molecule has 0 saturated carbocycles. The van der Waals surface area contributed by atoms with E-state index < -0.39 is 5.97 Å². The molecule has 3 aromatic rings. The molecule has 0 unspecified atom stereocenters. The number of ether oxygens (including phenoxy) is 1. The second-order valence-corrected chi connectivity index (χ2v) is 9.00. The number of aromatic nitrogens is 2. The first-order chi connectivity index (χ1) is 14.6. The van der Waals surface area contributed by atoms with Crippen molar-refractivity contribution in [2.45, 2.75) is 34.2 Å². The van der Waals surface area contributed by atoms with E-state index in [0.29, 0.717) is 37.6 Å². The van der Waals surface area contributed by atoms with Crippen LogP contribution in [0.25, 0.3) is 0 Å². The molecular formula is C21H22ClFN4O2S2. The zero-order valence-corrected chi connectivity index (χ0v) is 20.1. The summed E-state index contributed by atoms with van der Waals surface area (Å²) in [6.45, 7) is 7.68. The van der Waals surface area contributed by atoms with Crippen LogP contribution < -0.4 is 10.6 Å². The SMILES string of the molecule is COC(=O)c1c(NC(=S)Nc2c(C)nn(Cc3c(F)cccc3Cl)c2C)sc(C)c1C. The van der Waals surface area contributed by atoms with Gasteiger partial charge in [-0.15, -0.1) is 11.3 Å². The quantitative estimate of drug-likeness (QED) is 0.365. The van der Waals surface area contributed by atoms with Crippen molar-refractivity contribution in [2.75, 3.05) is 17.7 Å². The molecule has 0 saturated heterocycles. The first-order valence-electron chi connectivity index (χ1n) is 9.37. The number of rotatable bonds is 5. The van der Waals surface area contributed by atoms with Crippen molar-refractivity contribution in [2.24, 2.45) is 0 Å². The van der Waals surface area contributed by atoms with Crippen molar-refractivity contribution in [1.29, 1.82) is 0 Å². The molecule has 31 heavy (non-hydrogen) atoms. The number of thiocarbonyl (C=S) groups is 1. The number of carbonyl (C=O) groups excluding carboxylic acids is 1. The molecule has 3 rings (SSSR count). The van der Waals surface area contributed by atoms with E-state index >= 15 is 0 Å². The van der Waals surface area contributed by atoms with Gasteiger partial charge in [-0.2, -0.15) is 5.10 Å². The number of benzene rings is 1. The molecule has 1 aromatic carbocycles. The highest BCUT2D eigenvalue weighted by atomic mass is 35.5. The Kier molecular flexibility index (Phi) is 6.98. The van der Waals surface area contributed by atoms with Crippen LogP contribution in [0.5, 0.6) is 0 Å². The first-order valence-corrected chi connectivity index (χ1v) is 11.0. The number of esters is 1. The van der Waals surface area contributed by atoms with Gasteiger partial charge in [0.1, 0.15) is 10.8 Å². The summed E-state index contributed by atoms with van der Waals surface area (Å²) >= 11 is 13.0. The lowest BCUT2D eigenvalue weighted by molar-refractivity contribution is 0.0601. The molecule has 0 amide bonds. The Hall–Kier alpha value is -2.49. The topological polar surface area (TPSA) is 68.2 Å². The van der Waals surface area contributed by atoms with Gasteiger partial charge < -0.3 is 15.4 Å². The maximum Gasteiger partial charge on any atom is 0.341 e. The Morgan fingerprint density at radius 1 is 1.29 bits per heavy atom. The van der Waals surface area contributed by atoms with Gasteiger partial charge >= 0.3 is 5.97 Å². The van der Waals surface area contributed by atoms with E-state index in [1.165, 1.54) is 24.5 Å². The molecule has 6 nitrogen and oxygen atoms in total. The number of anilines is 2. The summed E-state index contributed by atoms with van der Waals surface area (Å²) in [6.07, 6.45) is 0. The number of nitrogens with zero attached hydrogens (tertiary/aromatic N) is 2. The van der Waals surface area contributed by atoms with Gasteiger partial charge in [0.05, 0.1) is 36.3 Å². The van der Waals surface area contributed by atoms with Gasteiger partial charge in [0.15, 0.2) is 5.11 Å². The summed E-state index contributed by atoms with van der Waals surface area (Å²) < 4.78 is 20.8. The third-order valence-corrected chi connectivity index (χ3v) is 6.67. The minimum Gasteiger partial charge on any atom is -0.465 e. The van der Waals surface area contributed by atoms with E-state index in [1.807, 2.05) is 27.7 Å². The lowest BCUT2D eigenvalue weighted by atomic mass is 10.1. The molecule has 0 bridgehead atoms. The lowest BCUT2D eigenvalue weighted by Crippen LogP contribution is -2.21. The molecule has 164 valence electrons. The van der Waals surface area contributed by atoms with Crippen molar-refractivity contribution in [3.63, 3.8) is 0 Å². The summed E-state index contributed by atoms with van der Waals surface area (Å²) in [7, 11) is 1.35. The number of hydrogen-bond donors (Lipinski definition) is 2. The van der Waals surface area contributed by atoms with Crippen LogP contribution >= 0.6 is 35.2 Å². The predicted molar refractivity (Wildman–Crippen MR) is 127 cm³/mol. The Morgan fingerprint density at radius 3 is 2.65 bits per heavy atom. The Balaban J connectivity index is 1.82. The molecule has 2 N–H and O–H groups in total. The second kappa shape index (κ2) is 9.33. The minimum absolute atomic E-state index is 0.190. The van der Waals surface area contributed by atoms with Crippen molar-refractivity contribution in [1.82, 2.24) is 9.78 Å². The van der Waals surface area contributed by atoms with E-state index in [-0.39, 0.29) is 12.4 Å². The summed E-state index contributed by atoms with van der Waals surface area (Å²) in [5.41, 5.74) is 3.86. The third-order valence-electron chi connectivity index (χ3n) is 4.99. The maximum absolute atomic E-state index is 14.2.